The van der Waals surface area contributed by atoms with Crippen LogP contribution in [-0.4, -0.2) is 22.9 Å². The number of hydrogen-bond acceptors (Lipinski definition) is 4. The fourth-order valence-corrected chi connectivity index (χ4v) is 3.89. The van der Waals surface area contributed by atoms with Crippen molar-refractivity contribution >= 4 is 31.0 Å². The molecular weight excluding hydrogens is 321 g/mol. The van der Waals surface area contributed by atoms with E-state index in [2.05, 4.69) is 33.7 Å². The van der Waals surface area contributed by atoms with Crippen LogP contribution in [0, 0.1) is 0 Å². The molecule has 2 aromatic carbocycles. The summed E-state index contributed by atoms with van der Waals surface area (Å²) >= 11 is 1.73. The monoisotopic (exact) mass is 337 g/mol. The molecule has 3 rings (SSSR count). The quantitative estimate of drug-likeness (QED) is 0.639. The van der Waals surface area contributed by atoms with Crippen molar-refractivity contribution in [1.82, 2.24) is 0 Å². The van der Waals surface area contributed by atoms with Crippen molar-refractivity contribution in [3.8, 4) is 0 Å². The number of rotatable bonds is 5. The van der Waals surface area contributed by atoms with Gasteiger partial charge in [-0.1, -0.05) is 36.0 Å². The molecular formula is C15H16NO4PS. The molecule has 116 valence electrons. The van der Waals surface area contributed by atoms with Crippen molar-refractivity contribution in [2.75, 3.05) is 18.1 Å². The van der Waals surface area contributed by atoms with Gasteiger partial charge in [-0.05, 0) is 30.7 Å². The molecule has 0 spiro atoms. The summed E-state index contributed by atoms with van der Waals surface area (Å²) < 4.78 is 15.3. The van der Waals surface area contributed by atoms with Gasteiger partial charge in [0.15, 0.2) is 0 Å². The van der Waals surface area contributed by atoms with E-state index < -0.39 is 7.82 Å². The Kier molecular flexibility index (Phi) is 4.57. The normalized spacial score (nSPS) is 13.6. The third-order valence-corrected chi connectivity index (χ3v) is 4.97. The Morgan fingerprint density at radius 2 is 1.55 bits per heavy atom. The van der Waals surface area contributed by atoms with Crippen molar-refractivity contribution in [2.24, 2.45) is 0 Å². The molecule has 2 aromatic rings. The molecule has 22 heavy (non-hydrogen) atoms. The molecule has 0 bridgehead atoms. The van der Waals surface area contributed by atoms with Gasteiger partial charge in [0, 0.05) is 16.3 Å². The van der Waals surface area contributed by atoms with E-state index in [4.69, 9.17) is 9.79 Å². The summed E-state index contributed by atoms with van der Waals surface area (Å²) in [4.78, 5) is 22.0. The van der Waals surface area contributed by atoms with Gasteiger partial charge in [-0.15, -0.1) is 0 Å². The van der Waals surface area contributed by atoms with Crippen LogP contribution in [0.3, 0.4) is 0 Å². The molecule has 0 fully saturated rings. The summed E-state index contributed by atoms with van der Waals surface area (Å²) in [5, 5.41) is 0. The van der Waals surface area contributed by atoms with Crippen LogP contribution >= 0.6 is 19.6 Å². The highest BCUT2D eigenvalue weighted by atomic mass is 32.2. The Bertz CT molecular complexity index is 673. The van der Waals surface area contributed by atoms with Crippen LogP contribution in [0.5, 0.6) is 0 Å². The number of hydrogen-bond donors (Lipinski definition) is 2. The number of anilines is 2. The standard InChI is InChI=1S/C15H16NO4PS/c17-21(18,19)20-11-5-10-16-12-6-1-3-8-14(12)22-15-9-4-2-7-13(15)16/h1-4,6-9H,5,10-11H2,(H2,17,18,19). The molecule has 1 aliphatic rings. The molecule has 7 heteroatoms. The van der Waals surface area contributed by atoms with Gasteiger partial charge >= 0.3 is 7.82 Å². The van der Waals surface area contributed by atoms with Crippen LogP contribution in [0.1, 0.15) is 6.42 Å². The summed E-state index contributed by atoms with van der Waals surface area (Å²) in [5.41, 5.74) is 2.23. The maximum atomic E-state index is 10.7. The predicted octanol–water partition coefficient (Wildman–Crippen LogP) is 3.79. The highest BCUT2D eigenvalue weighted by molar-refractivity contribution is 7.99. The maximum Gasteiger partial charge on any atom is 0.469 e. The Balaban J connectivity index is 1.79. The minimum absolute atomic E-state index is 0.0260. The van der Waals surface area contributed by atoms with Gasteiger partial charge in [-0.3, -0.25) is 4.52 Å². The fraction of sp³-hybridized carbons (Fsp3) is 0.200. The molecule has 0 atom stereocenters. The van der Waals surface area contributed by atoms with Gasteiger partial charge in [-0.25, -0.2) is 4.57 Å². The SMILES string of the molecule is O=P(O)(O)OCCCN1c2ccccc2Sc2ccccc21. The maximum absolute atomic E-state index is 10.7. The van der Waals surface area contributed by atoms with E-state index in [0.29, 0.717) is 13.0 Å². The summed E-state index contributed by atoms with van der Waals surface area (Å²) in [6.45, 7) is 0.660. The lowest BCUT2D eigenvalue weighted by Gasteiger charge is -2.32. The molecule has 1 heterocycles. The van der Waals surface area contributed by atoms with E-state index >= 15 is 0 Å². The molecule has 5 nitrogen and oxygen atoms in total. The second-order valence-electron chi connectivity index (χ2n) is 4.87. The lowest BCUT2D eigenvalue weighted by molar-refractivity contribution is 0.196. The van der Waals surface area contributed by atoms with Gasteiger partial charge in [-0.2, -0.15) is 0 Å². The molecule has 0 saturated carbocycles. The molecule has 0 aliphatic carbocycles. The van der Waals surface area contributed by atoms with Gasteiger partial charge in [0.1, 0.15) is 0 Å². The van der Waals surface area contributed by atoms with Gasteiger partial charge in [0.25, 0.3) is 0 Å². The Morgan fingerprint density at radius 3 is 2.09 bits per heavy atom. The van der Waals surface area contributed by atoms with E-state index in [1.165, 1.54) is 9.79 Å². The van der Waals surface area contributed by atoms with Crippen LogP contribution in [0.4, 0.5) is 11.4 Å². The molecule has 0 amide bonds. The Morgan fingerprint density at radius 1 is 1.00 bits per heavy atom. The average Bonchev–Trinajstić information content (AvgIpc) is 2.49. The lowest BCUT2D eigenvalue weighted by atomic mass is 10.2. The highest BCUT2D eigenvalue weighted by Crippen LogP contribution is 2.47. The molecule has 1 aliphatic heterocycles. The fourth-order valence-electron chi connectivity index (χ4n) is 2.43. The number of para-hydroxylation sites is 2. The second kappa shape index (κ2) is 6.44. The van der Waals surface area contributed by atoms with E-state index in [-0.39, 0.29) is 6.61 Å². The van der Waals surface area contributed by atoms with Gasteiger partial charge in [0.2, 0.25) is 0 Å². The number of nitrogens with zero attached hydrogens (tertiary/aromatic N) is 1. The van der Waals surface area contributed by atoms with Gasteiger partial charge in [0.05, 0.1) is 18.0 Å². The van der Waals surface area contributed by atoms with Crippen LogP contribution < -0.4 is 4.90 Å². The third-order valence-electron chi connectivity index (χ3n) is 3.32. The summed E-state index contributed by atoms with van der Waals surface area (Å²) in [5.74, 6) is 0. The predicted molar refractivity (Wildman–Crippen MR) is 86.6 cm³/mol. The van der Waals surface area contributed by atoms with Crippen molar-refractivity contribution in [3.63, 3.8) is 0 Å². The lowest BCUT2D eigenvalue weighted by Crippen LogP contribution is -2.22. The van der Waals surface area contributed by atoms with Crippen LogP contribution in [0.15, 0.2) is 58.3 Å². The van der Waals surface area contributed by atoms with E-state index in [9.17, 15) is 4.57 Å². The zero-order valence-electron chi connectivity index (χ0n) is 11.8. The molecule has 0 saturated heterocycles. The first-order chi connectivity index (χ1) is 10.5. The van der Waals surface area contributed by atoms with Crippen molar-refractivity contribution in [3.05, 3.63) is 48.5 Å². The zero-order chi connectivity index (χ0) is 15.6. The topological polar surface area (TPSA) is 70.0 Å². The van der Waals surface area contributed by atoms with Crippen molar-refractivity contribution in [1.29, 1.82) is 0 Å². The minimum Gasteiger partial charge on any atom is -0.340 e. The van der Waals surface area contributed by atoms with Crippen LogP contribution in [0.2, 0.25) is 0 Å². The third kappa shape index (κ3) is 3.54. The number of benzene rings is 2. The first-order valence-electron chi connectivity index (χ1n) is 6.88. The number of phosphoric acid groups is 1. The second-order valence-corrected chi connectivity index (χ2v) is 7.19. The van der Waals surface area contributed by atoms with E-state index in [1.807, 2.05) is 24.3 Å². The average molecular weight is 337 g/mol. The van der Waals surface area contributed by atoms with Crippen LogP contribution in [0.25, 0.3) is 0 Å². The number of phosphoric ester groups is 1. The van der Waals surface area contributed by atoms with E-state index in [0.717, 1.165) is 11.4 Å². The minimum atomic E-state index is -4.39. The summed E-state index contributed by atoms with van der Waals surface area (Å²) in [6, 6.07) is 16.3. The highest BCUT2D eigenvalue weighted by Gasteiger charge is 2.22. The molecule has 0 radical (unpaired) electrons. The summed E-state index contributed by atoms with van der Waals surface area (Å²) in [6.07, 6.45) is 0.526. The van der Waals surface area contributed by atoms with Crippen molar-refractivity contribution < 1.29 is 18.9 Å². The largest absolute Gasteiger partial charge is 0.469 e. The smallest absolute Gasteiger partial charge is 0.340 e. The Hall–Kier alpha value is -1.30. The van der Waals surface area contributed by atoms with Gasteiger partial charge < -0.3 is 14.7 Å². The van der Waals surface area contributed by atoms with Crippen LogP contribution in [-0.2, 0) is 9.09 Å². The first-order valence-corrected chi connectivity index (χ1v) is 9.23. The first kappa shape index (κ1) is 15.6. The molecule has 0 unspecified atom stereocenters. The molecule has 2 N–H and O–H groups in total. The zero-order valence-corrected chi connectivity index (χ0v) is 13.5. The Labute approximate surface area is 133 Å². The van der Waals surface area contributed by atoms with E-state index in [1.54, 1.807) is 11.8 Å². The number of fused-ring (bicyclic) bond motifs is 2. The van der Waals surface area contributed by atoms with Crippen molar-refractivity contribution in [2.45, 2.75) is 16.2 Å². The summed E-state index contributed by atoms with van der Waals surface area (Å²) in [7, 11) is -4.39. The molecule has 0 aromatic heterocycles.